The summed E-state index contributed by atoms with van der Waals surface area (Å²) in [6.45, 7) is 1.89. The van der Waals surface area contributed by atoms with E-state index in [2.05, 4.69) is 0 Å². The first-order valence-electron chi connectivity index (χ1n) is 2.74. The second-order valence-electron chi connectivity index (χ2n) is 2.00. The molecule has 0 saturated carbocycles. The minimum atomic E-state index is -1.19. The fourth-order valence-electron chi connectivity index (χ4n) is 0.345. The molecule has 0 saturated heterocycles. The van der Waals surface area contributed by atoms with Gasteiger partial charge in [0, 0.05) is 12.3 Å². The largest absolute Gasteiger partial charge is 0.194 e. The van der Waals surface area contributed by atoms with Crippen LogP contribution in [0.3, 0.4) is 0 Å². The molecule has 0 radical (unpaired) electrons. The summed E-state index contributed by atoms with van der Waals surface area (Å²) in [7, 11) is 0. The summed E-state index contributed by atoms with van der Waals surface area (Å²) >= 11 is 21.9. The van der Waals surface area contributed by atoms with Crippen LogP contribution in [0.4, 0.5) is 0 Å². The van der Waals surface area contributed by atoms with E-state index >= 15 is 0 Å². The van der Waals surface area contributed by atoms with E-state index in [9.17, 15) is 0 Å². The molecule has 0 bridgehead atoms. The predicted octanol–water partition coefficient (Wildman–Crippen LogP) is 3.93. The lowest BCUT2D eigenvalue weighted by atomic mass is 10.3. The smallest absolute Gasteiger partial charge is 0.122 e. The van der Waals surface area contributed by atoms with Gasteiger partial charge >= 0.3 is 0 Å². The van der Waals surface area contributed by atoms with Crippen LogP contribution in [0.25, 0.3) is 0 Å². The fourth-order valence-corrected chi connectivity index (χ4v) is 0.685. The van der Waals surface area contributed by atoms with Crippen LogP contribution in [0.5, 0.6) is 0 Å². The molecule has 0 aromatic carbocycles. The van der Waals surface area contributed by atoms with E-state index in [-0.39, 0.29) is 0 Å². The van der Waals surface area contributed by atoms with Gasteiger partial charge in [0.1, 0.15) is 0 Å². The molecule has 0 N–H and O–H groups in total. The molecule has 0 atom stereocenters. The zero-order valence-corrected chi connectivity index (χ0v) is 8.53. The predicted molar refractivity (Wildman–Crippen MR) is 49.4 cm³/mol. The molecule has 0 aliphatic carbocycles. The third-order valence-electron chi connectivity index (χ3n) is 0.893. The van der Waals surface area contributed by atoms with Gasteiger partial charge in [-0.25, -0.2) is 0 Å². The maximum Gasteiger partial charge on any atom is 0.194 e. The normalized spacial score (nSPS) is 13.9. The highest BCUT2D eigenvalue weighted by atomic mass is 35.6. The Bertz CT molecular complexity index is 122. The van der Waals surface area contributed by atoms with Gasteiger partial charge in [0.05, 0.1) is 0 Å². The highest BCUT2D eigenvalue weighted by Crippen LogP contribution is 2.30. The van der Waals surface area contributed by atoms with Crippen LogP contribution in [-0.2, 0) is 0 Å². The average molecular weight is 222 g/mol. The van der Waals surface area contributed by atoms with E-state index in [1.165, 1.54) is 0 Å². The molecular formula is C6H8Cl4. The third-order valence-corrected chi connectivity index (χ3v) is 1.78. The molecular weight excluding hydrogens is 214 g/mol. The Kier molecular flexibility index (Phi) is 5.14. The summed E-state index contributed by atoms with van der Waals surface area (Å²) in [5, 5.41) is 0. The molecule has 10 heavy (non-hydrogen) atoms. The van der Waals surface area contributed by atoms with Gasteiger partial charge in [-0.05, 0) is 6.92 Å². The molecule has 0 heterocycles. The summed E-state index contributed by atoms with van der Waals surface area (Å²) < 4.78 is -1.19. The molecule has 0 spiro atoms. The van der Waals surface area contributed by atoms with Crippen LogP contribution >= 0.6 is 46.4 Å². The SMILES string of the molecule is CC(=CCC(Cl)(Cl)Cl)CCl. The van der Waals surface area contributed by atoms with E-state index in [1.54, 1.807) is 0 Å². The van der Waals surface area contributed by atoms with Crippen LogP contribution in [0.2, 0.25) is 0 Å². The second-order valence-corrected chi connectivity index (χ2v) is 4.79. The zero-order valence-electron chi connectivity index (χ0n) is 5.50. The Morgan fingerprint density at radius 1 is 1.40 bits per heavy atom. The Labute approximate surface area is 81.1 Å². The summed E-state index contributed by atoms with van der Waals surface area (Å²) in [5.41, 5.74) is 1.02. The molecule has 4 heteroatoms. The van der Waals surface area contributed by atoms with Crippen molar-refractivity contribution in [2.75, 3.05) is 5.88 Å². The van der Waals surface area contributed by atoms with Gasteiger partial charge in [0.15, 0.2) is 3.79 Å². The first kappa shape index (κ1) is 10.9. The van der Waals surface area contributed by atoms with Gasteiger partial charge in [0.25, 0.3) is 0 Å². The standard InChI is InChI=1S/C6H8Cl4/c1-5(4-7)2-3-6(8,9)10/h2H,3-4H2,1H3. The minimum absolute atomic E-state index is 0.413. The summed E-state index contributed by atoms with van der Waals surface area (Å²) in [5.74, 6) is 0.487. The number of rotatable bonds is 2. The van der Waals surface area contributed by atoms with E-state index in [0.717, 1.165) is 5.57 Å². The molecule has 0 aliphatic rings. The highest BCUT2D eigenvalue weighted by molar-refractivity contribution is 6.67. The van der Waals surface area contributed by atoms with Gasteiger partial charge in [-0.1, -0.05) is 46.5 Å². The topological polar surface area (TPSA) is 0 Å². The van der Waals surface area contributed by atoms with Crippen LogP contribution in [0.15, 0.2) is 11.6 Å². The van der Waals surface area contributed by atoms with Crippen molar-refractivity contribution < 1.29 is 0 Å². The molecule has 0 aliphatic heterocycles. The molecule has 0 unspecified atom stereocenters. The molecule has 0 aromatic heterocycles. The number of halogens is 4. The first-order chi connectivity index (χ1) is 4.45. The van der Waals surface area contributed by atoms with Crippen LogP contribution in [0.1, 0.15) is 13.3 Å². The molecule has 0 aromatic rings. The van der Waals surface area contributed by atoms with Crippen molar-refractivity contribution in [2.45, 2.75) is 17.1 Å². The van der Waals surface area contributed by atoms with Gasteiger partial charge in [-0.3, -0.25) is 0 Å². The van der Waals surface area contributed by atoms with E-state index in [1.807, 2.05) is 13.0 Å². The van der Waals surface area contributed by atoms with Gasteiger partial charge in [-0.15, -0.1) is 11.6 Å². The summed E-state index contributed by atoms with van der Waals surface area (Å²) in [6, 6.07) is 0. The minimum Gasteiger partial charge on any atom is -0.122 e. The lowest BCUT2D eigenvalue weighted by Gasteiger charge is -2.06. The van der Waals surface area contributed by atoms with Crippen molar-refractivity contribution >= 4 is 46.4 Å². The maximum atomic E-state index is 5.48. The van der Waals surface area contributed by atoms with Crippen molar-refractivity contribution in [2.24, 2.45) is 0 Å². The van der Waals surface area contributed by atoms with Gasteiger partial charge in [-0.2, -0.15) is 0 Å². The molecule has 0 fully saturated rings. The monoisotopic (exact) mass is 220 g/mol. The number of hydrogen-bond acceptors (Lipinski definition) is 0. The lowest BCUT2D eigenvalue weighted by molar-refractivity contribution is 1.05. The van der Waals surface area contributed by atoms with Crippen molar-refractivity contribution in [3.63, 3.8) is 0 Å². The summed E-state index contributed by atoms with van der Waals surface area (Å²) in [6.07, 6.45) is 2.23. The Morgan fingerprint density at radius 2 is 1.90 bits per heavy atom. The zero-order chi connectivity index (χ0) is 8.20. The van der Waals surface area contributed by atoms with E-state index in [4.69, 9.17) is 46.4 Å². The molecule has 0 amide bonds. The quantitative estimate of drug-likeness (QED) is 0.490. The van der Waals surface area contributed by atoms with Crippen LogP contribution in [-0.4, -0.2) is 9.67 Å². The van der Waals surface area contributed by atoms with Crippen molar-refractivity contribution in [3.05, 3.63) is 11.6 Å². The lowest BCUT2D eigenvalue weighted by Crippen LogP contribution is -1.99. The Balaban J connectivity index is 3.73. The fraction of sp³-hybridized carbons (Fsp3) is 0.667. The Hall–Kier alpha value is 0.900. The number of hydrogen-bond donors (Lipinski definition) is 0. The average Bonchev–Trinajstić information content (AvgIpc) is 1.81. The first-order valence-corrected chi connectivity index (χ1v) is 4.41. The Morgan fingerprint density at radius 3 is 2.20 bits per heavy atom. The van der Waals surface area contributed by atoms with Crippen molar-refractivity contribution in [1.82, 2.24) is 0 Å². The van der Waals surface area contributed by atoms with E-state index < -0.39 is 3.79 Å². The van der Waals surface area contributed by atoms with Crippen LogP contribution < -0.4 is 0 Å². The number of alkyl halides is 4. The van der Waals surface area contributed by atoms with Gasteiger partial charge in [0.2, 0.25) is 0 Å². The molecule has 60 valence electrons. The highest BCUT2D eigenvalue weighted by Gasteiger charge is 2.16. The van der Waals surface area contributed by atoms with Crippen molar-refractivity contribution in [1.29, 1.82) is 0 Å². The molecule has 0 nitrogen and oxygen atoms in total. The van der Waals surface area contributed by atoms with Gasteiger partial charge < -0.3 is 0 Å². The third kappa shape index (κ3) is 7.01. The van der Waals surface area contributed by atoms with Crippen molar-refractivity contribution in [3.8, 4) is 0 Å². The maximum absolute atomic E-state index is 5.48. The summed E-state index contributed by atoms with van der Waals surface area (Å²) in [4.78, 5) is 0. The molecule has 0 rings (SSSR count). The second kappa shape index (κ2) is 4.71. The van der Waals surface area contributed by atoms with E-state index in [0.29, 0.717) is 12.3 Å². The van der Waals surface area contributed by atoms with Crippen LogP contribution in [0, 0.1) is 0 Å². The number of allylic oxidation sites excluding steroid dienone is 2.